The molecular formula is C21H15F6N3O4S. The Labute approximate surface area is 194 Å². The van der Waals surface area contributed by atoms with Gasteiger partial charge in [-0.3, -0.25) is 14.8 Å². The van der Waals surface area contributed by atoms with Gasteiger partial charge in [0, 0.05) is 18.0 Å². The second-order valence-electron chi connectivity index (χ2n) is 7.15. The lowest BCUT2D eigenvalue weighted by atomic mass is 10.00. The van der Waals surface area contributed by atoms with Crippen LogP contribution in [-0.2, 0) is 16.0 Å². The van der Waals surface area contributed by atoms with Crippen LogP contribution in [0.4, 0.5) is 26.3 Å². The first-order valence-electron chi connectivity index (χ1n) is 9.55. The molecule has 1 atom stereocenters. The number of hydrogen-bond acceptors (Lipinski definition) is 6. The van der Waals surface area contributed by atoms with E-state index in [9.17, 15) is 39.6 Å². The Hall–Kier alpha value is -3.52. The third-order valence-corrected chi connectivity index (χ3v) is 6.92. The third kappa shape index (κ3) is 5.12. The van der Waals surface area contributed by atoms with E-state index in [2.05, 4.69) is 9.97 Å². The second kappa shape index (κ2) is 9.62. The molecule has 1 aromatic carbocycles. The number of aliphatic hydroxyl groups is 1. The van der Waals surface area contributed by atoms with Gasteiger partial charge in [0.1, 0.15) is 29.2 Å². The molecule has 3 aromatic rings. The van der Waals surface area contributed by atoms with Crippen LogP contribution in [-0.4, -0.2) is 36.1 Å². The Morgan fingerprint density at radius 1 is 1.06 bits per heavy atom. The lowest BCUT2D eigenvalue weighted by Crippen LogP contribution is -2.26. The molecule has 2 heterocycles. The molecule has 2 N–H and O–H groups in total. The fraction of sp³-hybridized carbons (Fsp3) is 0.190. The highest BCUT2D eigenvalue weighted by Crippen LogP contribution is 2.40. The molecule has 0 saturated heterocycles. The van der Waals surface area contributed by atoms with E-state index in [1.54, 1.807) is 0 Å². The summed E-state index contributed by atoms with van der Waals surface area (Å²) < 4.78 is 109. The van der Waals surface area contributed by atoms with Crippen LogP contribution < -0.4 is 5.32 Å². The maximum Gasteiger partial charge on any atom is 0.433 e. The predicted molar refractivity (Wildman–Crippen MR) is 108 cm³/mol. The molecule has 0 spiro atoms. The molecule has 0 saturated carbocycles. The molecular weight excluding hydrogens is 504 g/mol. The molecule has 1 unspecified atom stereocenters. The fourth-order valence-corrected chi connectivity index (χ4v) is 5.08. The van der Waals surface area contributed by atoms with Crippen molar-refractivity contribution in [2.45, 2.75) is 23.2 Å². The highest BCUT2D eigenvalue weighted by molar-refractivity contribution is 7.91. The second-order valence-corrected chi connectivity index (χ2v) is 9.18. The Kier molecular flexibility index (Phi) is 7.17. The van der Waals surface area contributed by atoms with Crippen molar-refractivity contribution in [3.8, 4) is 0 Å². The Bertz CT molecular complexity index is 1380. The summed E-state index contributed by atoms with van der Waals surface area (Å²) in [6.45, 7) is 0.536. The van der Waals surface area contributed by atoms with Crippen molar-refractivity contribution in [3.63, 3.8) is 0 Å². The van der Waals surface area contributed by atoms with Gasteiger partial charge in [-0.2, -0.15) is 13.2 Å². The monoisotopic (exact) mass is 519 g/mol. The third-order valence-electron chi connectivity index (χ3n) is 4.91. The summed E-state index contributed by atoms with van der Waals surface area (Å²) in [4.78, 5) is 17.9. The van der Waals surface area contributed by atoms with Gasteiger partial charge in [-0.05, 0) is 48.4 Å². The number of nitrogens with one attached hydrogen (secondary N) is 1. The molecule has 1 amide bonds. The molecule has 186 valence electrons. The average Bonchev–Trinajstić information content (AvgIpc) is 2.79. The topological polar surface area (TPSA) is 109 Å². The molecule has 2 aromatic heterocycles. The van der Waals surface area contributed by atoms with E-state index < -0.39 is 67.5 Å². The number of carbonyl (C=O) groups is 1. The molecule has 7 nitrogen and oxygen atoms in total. The van der Waals surface area contributed by atoms with Gasteiger partial charge in [0.05, 0.1) is 4.90 Å². The van der Waals surface area contributed by atoms with Crippen molar-refractivity contribution in [2.24, 2.45) is 0 Å². The van der Waals surface area contributed by atoms with E-state index in [1.807, 2.05) is 5.32 Å². The number of aromatic nitrogens is 2. The number of halogens is 6. The Balaban J connectivity index is 2.27. The maximum atomic E-state index is 14.7. The number of rotatable bonds is 6. The zero-order valence-corrected chi connectivity index (χ0v) is 18.4. The van der Waals surface area contributed by atoms with Gasteiger partial charge in [0.25, 0.3) is 5.91 Å². The van der Waals surface area contributed by atoms with E-state index in [-0.39, 0.29) is 16.8 Å². The number of carbonyl (C=O) groups excluding carboxylic acids is 1. The van der Waals surface area contributed by atoms with Gasteiger partial charge < -0.3 is 10.4 Å². The largest absolute Gasteiger partial charge is 0.433 e. The summed E-state index contributed by atoms with van der Waals surface area (Å²) in [7, 11) is -4.95. The number of amides is 1. The van der Waals surface area contributed by atoms with Crippen molar-refractivity contribution in [1.82, 2.24) is 15.3 Å². The number of pyridine rings is 2. The van der Waals surface area contributed by atoms with E-state index in [0.29, 0.717) is 30.5 Å². The van der Waals surface area contributed by atoms with E-state index >= 15 is 0 Å². The number of aliphatic hydroxyl groups excluding tert-OH is 1. The van der Waals surface area contributed by atoms with Gasteiger partial charge in [-0.25, -0.2) is 21.6 Å². The molecule has 0 aliphatic heterocycles. The van der Waals surface area contributed by atoms with Crippen LogP contribution in [0.2, 0.25) is 0 Å². The highest BCUT2D eigenvalue weighted by Gasteiger charge is 2.39. The fourth-order valence-electron chi connectivity index (χ4n) is 3.24. The van der Waals surface area contributed by atoms with Gasteiger partial charge >= 0.3 is 6.18 Å². The number of alkyl halides is 3. The lowest BCUT2D eigenvalue weighted by molar-refractivity contribution is -0.141. The summed E-state index contributed by atoms with van der Waals surface area (Å²) >= 11 is 0. The first kappa shape index (κ1) is 26.1. The minimum atomic E-state index is -4.95. The minimum Gasteiger partial charge on any atom is -0.376 e. The standard InChI is InChI=1S/C21H15F6N3O4S/c1-10-6-15(20(32)30-9-31)28-8-12(10)19(17-13(22)3-4-14(23)18(17)24)35(33,34)11-2-5-16(29-7-11)21(25,26)27/h2-8,19,31H,9H2,1H3,(H,30,32). The van der Waals surface area contributed by atoms with E-state index in [0.717, 1.165) is 12.3 Å². The molecule has 3 rings (SSSR count). The first-order valence-corrected chi connectivity index (χ1v) is 11.1. The maximum absolute atomic E-state index is 14.7. The summed E-state index contributed by atoms with van der Waals surface area (Å²) in [5, 5.41) is 8.54. The van der Waals surface area contributed by atoms with Crippen molar-refractivity contribution in [2.75, 3.05) is 6.73 Å². The van der Waals surface area contributed by atoms with Crippen LogP contribution in [0.5, 0.6) is 0 Å². The van der Waals surface area contributed by atoms with Crippen LogP contribution in [0.1, 0.15) is 38.1 Å². The summed E-state index contributed by atoms with van der Waals surface area (Å²) in [5.74, 6) is -5.70. The SMILES string of the molecule is Cc1cc(C(=O)NCO)ncc1C(c1c(F)ccc(F)c1F)S(=O)(=O)c1ccc(C(F)(F)F)nc1. The zero-order valence-electron chi connectivity index (χ0n) is 17.6. The van der Waals surface area contributed by atoms with Gasteiger partial charge in [0.2, 0.25) is 0 Å². The average molecular weight is 519 g/mol. The number of nitrogens with zero attached hydrogens (tertiary/aromatic N) is 2. The summed E-state index contributed by atoms with van der Waals surface area (Å²) in [6.07, 6.45) is -3.70. The predicted octanol–water partition coefficient (Wildman–Crippen LogP) is 3.46. The zero-order chi connectivity index (χ0) is 26.1. The first-order chi connectivity index (χ1) is 16.3. The molecule has 0 radical (unpaired) electrons. The van der Waals surface area contributed by atoms with Crippen molar-refractivity contribution in [3.05, 3.63) is 88.3 Å². The number of benzene rings is 1. The molecule has 0 bridgehead atoms. The van der Waals surface area contributed by atoms with Gasteiger partial charge in [-0.15, -0.1) is 0 Å². The highest BCUT2D eigenvalue weighted by atomic mass is 32.2. The van der Waals surface area contributed by atoms with Gasteiger partial charge in [-0.1, -0.05) is 0 Å². The molecule has 14 heteroatoms. The molecule has 0 aliphatic rings. The summed E-state index contributed by atoms with van der Waals surface area (Å²) in [5.41, 5.74) is -3.34. The van der Waals surface area contributed by atoms with Crippen LogP contribution >= 0.6 is 0 Å². The number of sulfone groups is 1. The van der Waals surface area contributed by atoms with Crippen molar-refractivity contribution >= 4 is 15.7 Å². The van der Waals surface area contributed by atoms with Crippen molar-refractivity contribution < 1.29 is 44.7 Å². The van der Waals surface area contributed by atoms with Crippen LogP contribution in [0.25, 0.3) is 0 Å². The normalized spacial score (nSPS) is 12.9. The smallest absolute Gasteiger partial charge is 0.376 e. The van der Waals surface area contributed by atoms with E-state index in [4.69, 9.17) is 5.11 Å². The lowest BCUT2D eigenvalue weighted by Gasteiger charge is -2.22. The van der Waals surface area contributed by atoms with Crippen LogP contribution in [0.3, 0.4) is 0 Å². The number of aryl methyl sites for hydroxylation is 1. The van der Waals surface area contributed by atoms with Gasteiger partial charge in [0.15, 0.2) is 21.5 Å². The molecule has 35 heavy (non-hydrogen) atoms. The molecule has 0 fully saturated rings. The number of hydrogen-bond donors (Lipinski definition) is 2. The van der Waals surface area contributed by atoms with Crippen molar-refractivity contribution in [1.29, 1.82) is 0 Å². The Morgan fingerprint density at radius 3 is 2.26 bits per heavy atom. The molecule has 0 aliphatic carbocycles. The Morgan fingerprint density at radius 2 is 1.71 bits per heavy atom. The van der Waals surface area contributed by atoms with E-state index in [1.165, 1.54) is 6.92 Å². The minimum absolute atomic E-state index is 0.0282. The summed E-state index contributed by atoms with van der Waals surface area (Å²) in [6, 6.07) is 2.91. The quantitative estimate of drug-likeness (QED) is 0.293. The van der Waals surface area contributed by atoms with Crippen LogP contribution in [0, 0.1) is 24.4 Å². The van der Waals surface area contributed by atoms with Crippen LogP contribution in [0.15, 0.2) is 47.6 Å².